The van der Waals surface area contributed by atoms with Gasteiger partial charge in [0.2, 0.25) is 0 Å². The van der Waals surface area contributed by atoms with Crippen LogP contribution >= 0.6 is 0 Å². The van der Waals surface area contributed by atoms with Crippen LogP contribution in [0, 0.1) is 0 Å². The maximum absolute atomic E-state index is 11.8. The Labute approximate surface area is 144 Å². The summed E-state index contributed by atoms with van der Waals surface area (Å²) in [6, 6.07) is 0. The second-order valence-corrected chi connectivity index (χ2v) is 7.02. The minimum absolute atomic E-state index is 0.00306. The first-order valence-electron chi connectivity index (χ1n) is 7.37. The first-order chi connectivity index (χ1) is 10.8. The minimum atomic E-state index is -1.04. The highest BCUT2D eigenvalue weighted by Gasteiger charge is 2.20. The topological polar surface area (TPSA) is 101 Å². The standard InChI is InChI=1S/C15H22B2N2O5/c1-14(2,3)24-13(21)19-12-9(16)8(10(20)11(17)18-12)6-23-7-15(4,5)22/h20,22H,6-7H2,1-5H3,(H,18,19,21). The summed E-state index contributed by atoms with van der Waals surface area (Å²) in [6.45, 7) is 8.19. The Morgan fingerprint density at radius 3 is 2.33 bits per heavy atom. The molecule has 1 amide bonds. The van der Waals surface area contributed by atoms with E-state index in [0.717, 1.165) is 0 Å². The molecule has 0 saturated carbocycles. The number of pyridine rings is 1. The summed E-state index contributed by atoms with van der Waals surface area (Å²) in [6.07, 6.45) is -0.754. The van der Waals surface area contributed by atoms with Crippen LogP contribution in [0.3, 0.4) is 0 Å². The smallest absolute Gasteiger partial charge is 0.413 e. The second-order valence-electron chi connectivity index (χ2n) is 7.02. The average molecular weight is 332 g/mol. The van der Waals surface area contributed by atoms with Gasteiger partial charge in [-0.05, 0) is 40.1 Å². The zero-order valence-corrected chi connectivity index (χ0v) is 14.6. The number of aliphatic hydroxyl groups is 1. The molecule has 0 bridgehead atoms. The third-order valence-electron chi connectivity index (χ3n) is 2.66. The zero-order valence-electron chi connectivity index (χ0n) is 14.6. The number of carbonyl (C=O) groups is 1. The fourth-order valence-electron chi connectivity index (χ4n) is 1.70. The SMILES string of the molecule is [B]c1nc(NC(=O)OC(C)(C)C)c([B])c(COCC(C)(C)O)c1O. The molecule has 4 radical (unpaired) electrons. The van der Waals surface area contributed by atoms with E-state index in [0.29, 0.717) is 0 Å². The Bertz CT molecular complexity index is 609. The van der Waals surface area contributed by atoms with Crippen molar-refractivity contribution in [3.8, 4) is 5.75 Å². The summed E-state index contributed by atoms with van der Waals surface area (Å²) in [5, 5.41) is 22.0. The van der Waals surface area contributed by atoms with Gasteiger partial charge in [-0.15, -0.1) is 0 Å². The number of nitrogens with one attached hydrogen (secondary N) is 1. The number of ether oxygens (including phenoxy) is 2. The fourth-order valence-corrected chi connectivity index (χ4v) is 1.70. The molecule has 7 nitrogen and oxygen atoms in total. The molecule has 3 N–H and O–H groups in total. The highest BCUT2D eigenvalue weighted by Crippen LogP contribution is 2.16. The Hall–Kier alpha value is -1.73. The van der Waals surface area contributed by atoms with Crippen molar-refractivity contribution in [2.24, 2.45) is 0 Å². The second kappa shape index (κ2) is 7.44. The molecule has 1 rings (SSSR count). The van der Waals surface area contributed by atoms with Gasteiger partial charge in [0.1, 0.15) is 32.9 Å². The number of hydrogen-bond donors (Lipinski definition) is 3. The summed E-state index contributed by atoms with van der Waals surface area (Å²) in [5.74, 6) is -0.376. The van der Waals surface area contributed by atoms with E-state index in [1.54, 1.807) is 34.6 Å². The highest BCUT2D eigenvalue weighted by molar-refractivity contribution is 6.39. The van der Waals surface area contributed by atoms with Crippen molar-refractivity contribution in [2.45, 2.75) is 52.4 Å². The van der Waals surface area contributed by atoms with Crippen molar-refractivity contribution in [3.63, 3.8) is 0 Å². The van der Waals surface area contributed by atoms with E-state index in [2.05, 4.69) is 10.3 Å². The molecule has 0 saturated heterocycles. The third kappa shape index (κ3) is 6.41. The molecule has 24 heavy (non-hydrogen) atoms. The molecular weight excluding hydrogens is 310 g/mol. The van der Waals surface area contributed by atoms with Crippen molar-refractivity contribution in [1.29, 1.82) is 0 Å². The van der Waals surface area contributed by atoms with Crippen molar-refractivity contribution in [2.75, 3.05) is 11.9 Å². The van der Waals surface area contributed by atoms with E-state index in [1.807, 2.05) is 0 Å². The number of hydrogen-bond acceptors (Lipinski definition) is 6. The molecule has 1 aromatic rings. The lowest BCUT2D eigenvalue weighted by molar-refractivity contribution is -0.0270. The van der Waals surface area contributed by atoms with Crippen molar-refractivity contribution >= 4 is 38.7 Å². The van der Waals surface area contributed by atoms with Crippen LogP contribution in [0.2, 0.25) is 0 Å². The minimum Gasteiger partial charge on any atom is -0.507 e. The van der Waals surface area contributed by atoms with Crippen molar-refractivity contribution in [1.82, 2.24) is 4.98 Å². The van der Waals surface area contributed by atoms with Crippen LogP contribution in [0.5, 0.6) is 5.75 Å². The van der Waals surface area contributed by atoms with E-state index in [-0.39, 0.29) is 41.4 Å². The molecule has 1 heterocycles. The number of rotatable bonds is 5. The van der Waals surface area contributed by atoms with Crippen LogP contribution in [0.25, 0.3) is 0 Å². The Kier molecular flexibility index (Phi) is 6.30. The molecule has 0 aliphatic rings. The normalized spacial score (nSPS) is 12.1. The maximum atomic E-state index is 11.8. The number of anilines is 1. The zero-order chi connectivity index (χ0) is 18.7. The first kappa shape index (κ1) is 20.3. The van der Waals surface area contributed by atoms with Gasteiger partial charge in [0, 0.05) is 11.2 Å². The van der Waals surface area contributed by atoms with Gasteiger partial charge in [0.25, 0.3) is 0 Å². The lowest BCUT2D eigenvalue weighted by Crippen LogP contribution is -2.33. The largest absolute Gasteiger partial charge is 0.507 e. The van der Waals surface area contributed by atoms with Gasteiger partial charge in [-0.1, -0.05) is 0 Å². The predicted molar refractivity (Wildman–Crippen MR) is 92.5 cm³/mol. The van der Waals surface area contributed by atoms with Crippen LogP contribution < -0.4 is 16.4 Å². The molecule has 0 atom stereocenters. The molecule has 9 heteroatoms. The summed E-state index contributed by atoms with van der Waals surface area (Å²) in [4.78, 5) is 15.7. The number of nitrogens with zero attached hydrogens (tertiary/aromatic N) is 1. The van der Waals surface area contributed by atoms with Crippen LogP contribution in [-0.4, -0.2) is 54.8 Å². The lowest BCUT2D eigenvalue weighted by Gasteiger charge is -2.22. The van der Waals surface area contributed by atoms with Gasteiger partial charge in [-0.25, -0.2) is 9.78 Å². The fraction of sp³-hybridized carbons (Fsp3) is 0.600. The van der Waals surface area contributed by atoms with Crippen LogP contribution in [0.4, 0.5) is 10.6 Å². The van der Waals surface area contributed by atoms with Gasteiger partial charge in [0.05, 0.1) is 18.8 Å². The van der Waals surface area contributed by atoms with Crippen molar-refractivity contribution in [3.05, 3.63) is 5.56 Å². The Morgan fingerprint density at radius 2 is 1.83 bits per heavy atom. The summed E-state index contributed by atoms with van der Waals surface area (Å²) < 4.78 is 10.4. The van der Waals surface area contributed by atoms with Crippen LogP contribution in [0.1, 0.15) is 40.2 Å². The Balaban J connectivity index is 2.97. The number of aromatic hydroxyl groups is 1. The molecule has 0 aliphatic heterocycles. The van der Waals surface area contributed by atoms with Gasteiger partial charge < -0.3 is 19.7 Å². The molecule has 1 aromatic heterocycles. The summed E-state index contributed by atoms with van der Waals surface area (Å²) in [5.41, 5.74) is -1.78. The maximum Gasteiger partial charge on any atom is 0.413 e. The van der Waals surface area contributed by atoms with Gasteiger partial charge in [-0.3, -0.25) is 5.32 Å². The van der Waals surface area contributed by atoms with E-state index in [9.17, 15) is 15.0 Å². The third-order valence-corrected chi connectivity index (χ3v) is 2.66. The molecular formula is C15H22B2N2O5. The predicted octanol–water partition coefficient (Wildman–Crippen LogP) is 0.00930. The molecule has 0 spiro atoms. The summed E-state index contributed by atoms with van der Waals surface area (Å²) in [7, 11) is 11.6. The number of amides is 1. The number of aromatic nitrogens is 1. The van der Waals surface area contributed by atoms with Gasteiger partial charge >= 0.3 is 6.09 Å². The number of carbonyl (C=O) groups excluding carboxylic acids is 1. The van der Waals surface area contributed by atoms with Crippen molar-refractivity contribution < 1.29 is 24.5 Å². The lowest BCUT2D eigenvalue weighted by atomic mass is 9.87. The first-order valence-corrected chi connectivity index (χ1v) is 7.37. The highest BCUT2D eigenvalue weighted by atomic mass is 16.6. The van der Waals surface area contributed by atoms with E-state index < -0.39 is 17.3 Å². The Morgan fingerprint density at radius 1 is 1.25 bits per heavy atom. The monoisotopic (exact) mass is 332 g/mol. The average Bonchev–Trinajstić information content (AvgIpc) is 2.36. The van der Waals surface area contributed by atoms with E-state index in [1.165, 1.54) is 0 Å². The van der Waals surface area contributed by atoms with E-state index in [4.69, 9.17) is 25.2 Å². The quantitative estimate of drug-likeness (QED) is 0.657. The molecule has 0 unspecified atom stereocenters. The molecule has 0 aromatic carbocycles. The van der Waals surface area contributed by atoms with Gasteiger partial charge in [-0.2, -0.15) is 0 Å². The molecule has 0 fully saturated rings. The van der Waals surface area contributed by atoms with Gasteiger partial charge in [0.15, 0.2) is 0 Å². The molecule has 0 aliphatic carbocycles. The summed E-state index contributed by atoms with van der Waals surface area (Å²) >= 11 is 0. The van der Waals surface area contributed by atoms with Crippen LogP contribution in [-0.2, 0) is 16.1 Å². The van der Waals surface area contributed by atoms with E-state index >= 15 is 0 Å². The van der Waals surface area contributed by atoms with Crippen LogP contribution in [0.15, 0.2) is 0 Å². The molecule has 128 valence electrons.